The third-order valence-corrected chi connectivity index (χ3v) is 5.33. The van der Waals surface area contributed by atoms with Crippen molar-refractivity contribution in [2.45, 2.75) is 51.0 Å². The van der Waals surface area contributed by atoms with E-state index >= 15 is 0 Å². The first-order valence-electron chi connectivity index (χ1n) is 8.05. The van der Waals surface area contributed by atoms with E-state index < -0.39 is 5.97 Å². The van der Waals surface area contributed by atoms with Crippen molar-refractivity contribution >= 4 is 5.97 Å². The molecule has 2 atom stereocenters. The molecule has 1 aromatic carbocycles. The maximum atomic E-state index is 11.3. The highest BCUT2D eigenvalue weighted by Crippen LogP contribution is 2.44. The third kappa shape index (κ3) is 2.71. The number of piperidine rings is 1. The Bertz CT molecular complexity index is 538. The minimum atomic E-state index is -0.635. The average molecular weight is 287 g/mol. The van der Waals surface area contributed by atoms with Gasteiger partial charge in [0.15, 0.2) is 0 Å². The first-order valence-corrected chi connectivity index (χ1v) is 8.05. The lowest BCUT2D eigenvalue weighted by molar-refractivity contribution is -0.144. The fraction of sp³-hybridized carbons (Fsp3) is 0.611. The number of benzene rings is 1. The number of fused-ring (bicyclic) bond motifs is 1. The predicted molar refractivity (Wildman–Crippen MR) is 83.4 cm³/mol. The van der Waals surface area contributed by atoms with Gasteiger partial charge < -0.3 is 5.11 Å². The Labute approximate surface area is 127 Å². The van der Waals surface area contributed by atoms with Gasteiger partial charge in [-0.2, -0.15) is 0 Å². The molecule has 3 nitrogen and oxygen atoms in total. The van der Waals surface area contributed by atoms with Crippen LogP contribution in [0.1, 0.15) is 56.7 Å². The number of nitrogens with zero attached hydrogens (tertiary/aromatic N) is 1. The van der Waals surface area contributed by atoms with E-state index in [1.165, 1.54) is 17.5 Å². The molecule has 1 aliphatic heterocycles. The van der Waals surface area contributed by atoms with E-state index in [1.54, 1.807) is 0 Å². The fourth-order valence-electron chi connectivity index (χ4n) is 4.06. The Hall–Kier alpha value is -1.35. The van der Waals surface area contributed by atoms with Gasteiger partial charge >= 0.3 is 5.97 Å². The van der Waals surface area contributed by atoms with Crippen LogP contribution in [0, 0.1) is 5.92 Å². The maximum absolute atomic E-state index is 11.3. The normalized spacial score (nSPS) is 28.9. The van der Waals surface area contributed by atoms with Crippen LogP contribution in [0.25, 0.3) is 0 Å². The Morgan fingerprint density at radius 1 is 1.29 bits per heavy atom. The third-order valence-electron chi connectivity index (χ3n) is 5.33. The summed E-state index contributed by atoms with van der Waals surface area (Å²) in [6, 6.07) is 9.13. The van der Waals surface area contributed by atoms with Gasteiger partial charge in [0.05, 0.1) is 5.92 Å². The molecule has 114 valence electrons. The van der Waals surface area contributed by atoms with E-state index in [4.69, 9.17) is 0 Å². The molecule has 21 heavy (non-hydrogen) atoms. The fourth-order valence-corrected chi connectivity index (χ4v) is 4.06. The Kier molecular flexibility index (Phi) is 3.78. The van der Waals surface area contributed by atoms with E-state index in [1.807, 2.05) is 0 Å². The van der Waals surface area contributed by atoms with Gasteiger partial charge in [0.1, 0.15) is 0 Å². The van der Waals surface area contributed by atoms with Gasteiger partial charge in [0.2, 0.25) is 0 Å². The number of aliphatic carboxylic acids is 1. The second-order valence-electron chi connectivity index (χ2n) is 7.20. The lowest BCUT2D eigenvalue weighted by atomic mass is 9.70. The summed E-state index contributed by atoms with van der Waals surface area (Å²) < 4.78 is 0. The Morgan fingerprint density at radius 3 is 2.81 bits per heavy atom. The second-order valence-corrected chi connectivity index (χ2v) is 7.20. The highest BCUT2D eigenvalue weighted by atomic mass is 16.4. The van der Waals surface area contributed by atoms with E-state index in [2.05, 4.69) is 43.0 Å². The predicted octanol–water partition coefficient (Wildman–Crippen LogP) is 3.60. The largest absolute Gasteiger partial charge is 0.481 e. The van der Waals surface area contributed by atoms with Crippen molar-refractivity contribution in [1.82, 2.24) is 4.90 Å². The van der Waals surface area contributed by atoms with Crippen molar-refractivity contribution in [1.29, 1.82) is 0 Å². The SMILES string of the molecule is CC1(C)CCC(N2CCCC(C(=O)O)C2)c2ccccc21. The molecule has 0 bridgehead atoms. The van der Waals surface area contributed by atoms with Crippen molar-refractivity contribution < 1.29 is 9.90 Å². The highest BCUT2D eigenvalue weighted by Gasteiger charge is 2.37. The van der Waals surface area contributed by atoms with E-state index in [0.717, 1.165) is 25.8 Å². The topological polar surface area (TPSA) is 40.5 Å². The zero-order chi connectivity index (χ0) is 15.0. The molecule has 1 heterocycles. The van der Waals surface area contributed by atoms with Gasteiger partial charge in [0.25, 0.3) is 0 Å². The molecule has 1 aromatic rings. The van der Waals surface area contributed by atoms with Crippen LogP contribution in [-0.2, 0) is 10.2 Å². The summed E-state index contributed by atoms with van der Waals surface area (Å²) in [6.07, 6.45) is 4.13. The molecular weight excluding hydrogens is 262 g/mol. The van der Waals surface area contributed by atoms with Crippen molar-refractivity contribution in [3.63, 3.8) is 0 Å². The molecule has 0 spiro atoms. The summed E-state index contributed by atoms with van der Waals surface area (Å²) in [6.45, 7) is 6.37. The molecule has 1 N–H and O–H groups in total. The molecule has 1 aliphatic carbocycles. The zero-order valence-corrected chi connectivity index (χ0v) is 13.0. The number of carboxylic acids is 1. The molecular formula is C18H25NO2. The molecule has 3 rings (SSSR count). The molecule has 0 aromatic heterocycles. The van der Waals surface area contributed by atoms with Crippen LogP contribution >= 0.6 is 0 Å². The Morgan fingerprint density at radius 2 is 2.05 bits per heavy atom. The van der Waals surface area contributed by atoms with Crippen LogP contribution in [0.2, 0.25) is 0 Å². The zero-order valence-electron chi connectivity index (χ0n) is 13.0. The summed E-state index contributed by atoms with van der Waals surface area (Å²) in [7, 11) is 0. The average Bonchev–Trinajstić information content (AvgIpc) is 2.47. The number of carbonyl (C=O) groups is 1. The summed E-state index contributed by atoms with van der Waals surface area (Å²) in [5.74, 6) is -0.829. The van der Waals surface area contributed by atoms with Crippen LogP contribution < -0.4 is 0 Å². The number of hydrogen-bond acceptors (Lipinski definition) is 2. The van der Waals surface area contributed by atoms with Crippen LogP contribution in [0.15, 0.2) is 24.3 Å². The van der Waals surface area contributed by atoms with Gasteiger partial charge in [-0.3, -0.25) is 9.69 Å². The molecule has 0 amide bonds. The van der Waals surface area contributed by atoms with Crippen LogP contribution in [-0.4, -0.2) is 29.1 Å². The van der Waals surface area contributed by atoms with Crippen LogP contribution in [0.3, 0.4) is 0 Å². The summed E-state index contributed by atoms with van der Waals surface area (Å²) in [4.78, 5) is 13.7. The highest BCUT2D eigenvalue weighted by molar-refractivity contribution is 5.70. The first-order chi connectivity index (χ1) is 9.99. The molecule has 1 saturated heterocycles. The van der Waals surface area contributed by atoms with E-state index in [0.29, 0.717) is 12.6 Å². The van der Waals surface area contributed by atoms with E-state index in [9.17, 15) is 9.90 Å². The van der Waals surface area contributed by atoms with Crippen molar-refractivity contribution in [3.05, 3.63) is 35.4 Å². The van der Waals surface area contributed by atoms with Gasteiger partial charge in [-0.25, -0.2) is 0 Å². The number of carboxylic acid groups (broad SMARTS) is 1. The monoisotopic (exact) mass is 287 g/mol. The molecule has 0 radical (unpaired) electrons. The molecule has 1 fully saturated rings. The van der Waals surface area contributed by atoms with Crippen LogP contribution in [0.5, 0.6) is 0 Å². The van der Waals surface area contributed by atoms with Crippen molar-refractivity contribution in [2.24, 2.45) is 5.92 Å². The maximum Gasteiger partial charge on any atom is 0.307 e. The minimum Gasteiger partial charge on any atom is -0.481 e. The second kappa shape index (κ2) is 5.45. The number of rotatable bonds is 2. The lowest BCUT2D eigenvalue weighted by Gasteiger charge is -2.44. The quantitative estimate of drug-likeness (QED) is 0.903. The summed E-state index contributed by atoms with van der Waals surface area (Å²) in [5, 5.41) is 9.31. The molecule has 0 saturated carbocycles. The smallest absolute Gasteiger partial charge is 0.307 e. The standard InChI is InChI=1S/C18H25NO2/c1-18(2)10-9-16(14-7-3-4-8-15(14)18)19-11-5-6-13(12-19)17(20)21/h3-4,7-8,13,16H,5-6,9-12H2,1-2H3,(H,20,21). The lowest BCUT2D eigenvalue weighted by Crippen LogP contribution is -2.43. The molecule has 2 aliphatic rings. The minimum absolute atomic E-state index is 0.194. The van der Waals surface area contributed by atoms with Crippen molar-refractivity contribution in [2.75, 3.05) is 13.1 Å². The van der Waals surface area contributed by atoms with Gasteiger partial charge in [0, 0.05) is 12.6 Å². The van der Waals surface area contributed by atoms with E-state index in [-0.39, 0.29) is 11.3 Å². The van der Waals surface area contributed by atoms with Crippen LogP contribution in [0.4, 0.5) is 0 Å². The number of hydrogen-bond donors (Lipinski definition) is 1. The van der Waals surface area contributed by atoms with Gasteiger partial charge in [-0.1, -0.05) is 38.1 Å². The first kappa shape index (κ1) is 14.6. The summed E-state index contributed by atoms with van der Waals surface area (Å²) in [5.41, 5.74) is 3.09. The van der Waals surface area contributed by atoms with Crippen molar-refractivity contribution in [3.8, 4) is 0 Å². The Balaban J connectivity index is 1.88. The number of likely N-dealkylation sites (tertiary alicyclic amines) is 1. The van der Waals surface area contributed by atoms with Gasteiger partial charge in [-0.05, 0) is 48.8 Å². The molecule has 3 heteroatoms. The molecule has 2 unspecified atom stereocenters. The summed E-state index contributed by atoms with van der Waals surface area (Å²) >= 11 is 0. The van der Waals surface area contributed by atoms with Gasteiger partial charge in [-0.15, -0.1) is 0 Å².